The van der Waals surface area contributed by atoms with E-state index in [4.69, 9.17) is 18.9 Å². The lowest BCUT2D eigenvalue weighted by Gasteiger charge is -2.39. The molecule has 0 amide bonds. The molecule has 0 aromatic carbocycles. The van der Waals surface area contributed by atoms with Crippen LogP contribution in [0.2, 0.25) is 0 Å². The first-order valence-corrected chi connectivity index (χ1v) is 22.7. The Labute approximate surface area is 346 Å². The summed E-state index contributed by atoms with van der Waals surface area (Å²) in [6.07, 6.45) is 36.8. The first-order valence-electron chi connectivity index (χ1n) is 22.7. The van der Waals surface area contributed by atoms with E-state index in [1.165, 1.54) is 64.2 Å². The molecule has 1 aliphatic rings. The maximum Gasteiger partial charge on any atom is 0.306 e. The average Bonchev–Trinajstić information content (AvgIpc) is 3.21. The summed E-state index contributed by atoms with van der Waals surface area (Å²) < 4.78 is 22.1. The molecule has 4 N–H and O–H groups in total. The van der Waals surface area contributed by atoms with Crippen LogP contribution in [0.15, 0.2) is 48.6 Å². The highest BCUT2D eigenvalue weighted by Crippen LogP contribution is 2.22. The lowest BCUT2D eigenvalue weighted by Crippen LogP contribution is -2.59. The molecule has 0 spiro atoms. The highest BCUT2D eigenvalue weighted by Gasteiger charge is 2.44. The van der Waals surface area contributed by atoms with Crippen molar-refractivity contribution in [1.82, 2.24) is 0 Å². The van der Waals surface area contributed by atoms with Crippen molar-refractivity contribution in [3.05, 3.63) is 48.6 Å². The molecule has 0 bridgehead atoms. The zero-order chi connectivity index (χ0) is 41.6. The van der Waals surface area contributed by atoms with Crippen LogP contribution >= 0.6 is 0 Å². The van der Waals surface area contributed by atoms with E-state index >= 15 is 0 Å². The minimum atomic E-state index is -1.60. The molecule has 57 heavy (non-hydrogen) atoms. The van der Waals surface area contributed by atoms with Crippen LogP contribution in [0.5, 0.6) is 0 Å². The van der Waals surface area contributed by atoms with Gasteiger partial charge >= 0.3 is 11.9 Å². The predicted molar refractivity (Wildman–Crippen MR) is 229 cm³/mol. The average molecular weight is 807 g/mol. The van der Waals surface area contributed by atoms with Crippen molar-refractivity contribution in [3.63, 3.8) is 0 Å². The Bertz CT molecular complexity index is 1070. The summed E-state index contributed by atoms with van der Waals surface area (Å²) >= 11 is 0. The predicted octanol–water partition coefficient (Wildman–Crippen LogP) is 9.67. The number of aliphatic hydroxyl groups excluding tert-OH is 4. The smallest absolute Gasteiger partial charge is 0.306 e. The van der Waals surface area contributed by atoms with Gasteiger partial charge in [0.05, 0.1) is 13.2 Å². The highest BCUT2D eigenvalue weighted by molar-refractivity contribution is 5.70. The molecule has 1 aliphatic heterocycles. The van der Waals surface area contributed by atoms with E-state index in [9.17, 15) is 30.0 Å². The molecular formula is C47H82O10. The third kappa shape index (κ3) is 29.5. The van der Waals surface area contributed by atoms with E-state index in [0.717, 1.165) is 77.0 Å². The minimum Gasteiger partial charge on any atom is -0.462 e. The van der Waals surface area contributed by atoms with Crippen LogP contribution in [0.4, 0.5) is 0 Å². The normalized spacial score (nSPS) is 20.7. The van der Waals surface area contributed by atoms with Crippen LogP contribution in [-0.2, 0) is 28.5 Å². The van der Waals surface area contributed by atoms with Crippen molar-refractivity contribution in [2.45, 2.75) is 218 Å². The Morgan fingerprint density at radius 3 is 1.46 bits per heavy atom. The number of ether oxygens (including phenoxy) is 4. The van der Waals surface area contributed by atoms with Crippen LogP contribution in [0, 0.1) is 0 Å². The van der Waals surface area contributed by atoms with Crippen molar-refractivity contribution in [1.29, 1.82) is 0 Å². The molecule has 10 nitrogen and oxygen atoms in total. The second-order valence-corrected chi connectivity index (χ2v) is 15.5. The molecule has 330 valence electrons. The maximum atomic E-state index is 12.8. The van der Waals surface area contributed by atoms with E-state index in [1.807, 2.05) is 0 Å². The highest BCUT2D eigenvalue weighted by atomic mass is 16.7. The Balaban J connectivity index is 2.36. The molecule has 0 radical (unpaired) electrons. The van der Waals surface area contributed by atoms with E-state index in [-0.39, 0.29) is 26.1 Å². The fourth-order valence-electron chi connectivity index (χ4n) is 6.54. The van der Waals surface area contributed by atoms with Gasteiger partial charge in [-0.2, -0.15) is 0 Å². The number of esters is 2. The fraction of sp³-hybridized carbons (Fsp3) is 0.787. The van der Waals surface area contributed by atoms with Gasteiger partial charge in [0.15, 0.2) is 12.4 Å². The Hall–Kier alpha value is -2.34. The van der Waals surface area contributed by atoms with Gasteiger partial charge in [-0.1, -0.05) is 140 Å². The Morgan fingerprint density at radius 2 is 0.982 bits per heavy atom. The van der Waals surface area contributed by atoms with Gasteiger partial charge in [0.25, 0.3) is 0 Å². The Morgan fingerprint density at radius 1 is 0.544 bits per heavy atom. The van der Waals surface area contributed by atoms with Gasteiger partial charge in [0, 0.05) is 12.8 Å². The van der Waals surface area contributed by atoms with Crippen molar-refractivity contribution < 1.29 is 49.0 Å². The number of unbranched alkanes of at least 4 members (excludes halogenated alkanes) is 18. The molecule has 0 aromatic rings. The molecule has 10 heteroatoms. The Kier molecular flexibility index (Phi) is 35.0. The van der Waals surface area contributed by atoms with Gasteiger partial charge in [-0.3, -0.25) is 9.59 Å². The summed E-state index contributed by atoms with van der Waals surface area (Å²) in [6.45, 7) is 3.36. The molecule has 6 unspecified atom stereocenters. The van der Waals surface area contributed by atoms with E-state index in [1.54, 1.807) is 0 Å². The van der Waals surface area contributed by atoms with E-state index < -0.39 is 55.4 Å². The number of rotatable bonds is 37. The topological polar surface area (TPSA) is 152 Å². The number of carbonyl (C=O) groups excluding carboxylic acids is 2. The van der Waals surface area contributed by atoms with E-state index in [2.05, 4.69) is 62.5 Å². The molecule has 6 atom stereocenters. The van der Waals surface area contributed by atoms with Crippen LogP contribution in [-0.4, -0.2) is 89.0 Å². The quantitative estimate of drug-likeness (QED) is 0.0271. The van der Waals surface area contributed by atoms with E-state index in [0.29, 0.717) is 12.8 Å². The van der Waals surface area contributed by atoms with Crippen LogP contribution in [0.3, 0.4) is 0 Å². The van der Waals surface area contributed by atoms with Crippen LogP contribution in [0.25, 0.3) is 0 Å². The summed E-state index contributed by atoms with van der Waals surface area (Å²) in [5.41, 5.74) is 0. The number of hydrogen-bond donors (Lipinski definition) is 4. The molecule has 0 saturated carbocycles. The van der Waals surface area contributed by atoms with Crippen molar-refractivity contribution in [2.75, 3.05) is 19.8 Å². The van der Waals surface area contributed by atoms with Gasteiger partial charge < -0.3 is 39.4 Å². The molecule has 0 aliphatic carbocycles. The summed E-state index contributed by atoms with van der Waals surface area (Å²) in [6, 6.07) is 0. The first-order chi connectivity index (χ1) is 27.8. The molecular weight excluding hydrogens is 725 g/mol. The van der Waals surface area contributed by atoms with Gasteiger partial charge in [-0.05, 0) is 77.0 Å². The third-order valence-electron chi connectivity index (χ3n) is 10.2. The van der Waals surface area contributed by atoms with Gasteiger partial charge in [0.2, 0.25) is 0 Å². The number of allylic oxidation sites excluding steroid dienone is 8. The third-order valence-corrected chi connectivity index (χ3v) is 10.2. The van der Waals surface area contributed by atoms with Gasteiger partial charge in [-0.15, -0.1) is 0 Å². The molecule has 1 saturated heterocycles. The summed E-state index contributed by atoms with van der Waals surface area (Å²) in [5, 5.41) is 40.1. The fourth-order valence-corrected chi connectivity index (χ4v) is 6.54. The van der Waals surface area contributed by atoms with Crippen molar-refractivity contribution in [2.24, 2.45) is 0 Å². The first kappa shape index (κ1) is 52.7. The lowest BCUT2D eigenvalue weighted by molar-refractivity contribution is -0.305. The molecule has 1 fully saturated rings. The maximum absolute atomic E-state index is 12.8. The van der Waals surface area contributed by atoms with Crippen molar-refractivity contribution in [3.8, 4) is 0 Å². The van der Waals surface area contributed by atoms with Crippen molar-refractivity contribution >= 4 is 11.9 Å². The molecule has 0 aromatic heterocycles. The van der Waals surface area contributed by atoms with Gasteiger partial charge in [0.1, 0.15) is 31.0 Å². The summed E-state index contributed by atoms with van der Waals surface area (Å²) in [4.78, 5) is 25.3. The minimum absolute atomic E-state index is 0.210. The number of hydrogen-bond acceptors (Lipinski definition) is 10. The summed E-state index contributed by atoms with van der Waals surface area (Å²) in [7, 11) is 0. The summed E-state index contributed by atoms with van der Waals surface area (Å²) in [5.74, 6) is -0.840. The lowest BCUT2D eigenvalue weighted by atomic mass is 9.99. The number of aliphatic hydroxyl groups is 4. The molecule has 1 rings (SSSR count). The largest absolute Gasteiger partial charge is 0.462 e. The second kappa shape index (κ2) is 37.9. The number of carbonyl (C=O) groups is 2. The zero-order valence-electron chi connectivity index (χ0n) is 35.8. The second-order valence-electron chi connectivity index (χ2n) is 15.5. The zero-order valence-corrected chi connectivity index (χ0v) is 35.8. The van der Waals surface area contributed by atoms with Crippen LogP contribution < -0.4 is 0 Å². The SMILES string of the molecule is CCCCCC/C=C\C/C=C\CCCCCCCC(=O)OCC(COC1OC(CO)C(O)C(O)C1O)OC(=O)CCCCCCC/C=C\C/C=C\CCCCCC. The standard InChI is InChI=1S/C47H82O10/c1-3-5-7-9-11-13-15-17-19-21-23-25-27-29-31-33-35-42(49)54-38-40(39-55-47-46(53)45(52)44(51)41(37-48)57-47)56-43(50)36-34-32-30-28-26-24-22-20-18-16-14-12-10-8-6-4-2/h13-16,19-22,40-41,44-48,51-53H,3-12,17-18,23-39H2,1-2H3/b15-13-,16-14-,21-19-,22-20-. The van der Waals surface area contributed by atoms with Gasteiger partial charge in [-0.25, -0.2) is 0 Å². The van der Waals surface area contributed by atoms with Crippen LogP contribution in [0.1, 0.15) is 181 Å². The molecule has 1 heterocycles. The monoisotopic (exact) mass is 807 g/mol.